The smallest absolute Gasteiger partial charge is 0.206 e. The fraction of sp³-hybridized carbons (Fsp3) is 0.533. The number of hydrogen-bond acceptors (Lipinski definition) is 3. The molecule has 4 rings (SSSR count). The molecule has 1 fully saturated rings. The first-order chi connectivity index (χ1) is 10.2. The number of anilines is 1. The van der Waals surface area contributed by atoms with E-state index in [0.717, 1.165) is 59.6 Å². The minimum absolute atomic E-state index is 1.04. The Morgan fingerprint density at radius 3 is 2.62 bits per heavy atom. The van der Waals surface area contributed by atoms with Crippen LogP contribution in [-0.2, 0) is 13.0 Å². The molecule has 0 aliphatic carbocycles. The van der Waals surface area contributed by atoms with E-state index in [2.05, 4.69) is 53.6 Å². The van der Waals surface area contributed by atoms with Crippen LogP contribution in [0.4, 0.5) is 5.95 Å². The van der Waals surface area contributed by atoms with Gasteiger partial charge in [0.1, 0.15) is 5.52 Å². The van der Waals surface area contributed by atoms with Gasteiger partial charge in [-0.25, -0.2) is 4.98 Å². The summed E-state index contributed by atoms with van der Waals surface area (Å²) in [7, 11) is 0. The van der Waals surface area contributed by atoms with Gasteiger partial charge in [-0.15, -0.1) is 0 Å². The molecule has 6 heteroatoms. The fourth-order valence-corrected chi connectivity index (χ4v) is 4.52. The van der Waals surface area contributed by atoms with E-state index in [-0.39, 0.29) is 0 Å². The van der Waals surface area contributed by atoms with Gasteiger partial charge in [-0.1, -0.05) is 0 Å². The predicted molar refractivity (Wildman–Crippen MR) is 93.3 cm³/mol. The lowest BCUT2D eigenvalue weighted by molar-refractivity contribution is 0.555. The van der Waals surface area contributed by atoms with Gasteiger partial charge in [0.15, 0.2) is 0 Å². The predicted octanol–water partition coefficient (Wildman–Crippen LogP) is 3.23. The van der Waals surface area contributed by atoms with Gasteiger partial charge in [-0.3, -0.25) is 0 Å². The third-order valence-electron chi connectivity index (χ3n) is 4.62. The highest BCUT2D eigenvalue weighted by Gasteiger charge is 2.26. The van der Waals surface area contributed by atoms with E-state index in [4.69, 9.17) is 4.98 Å². The minimum atomic E-state index is 1.04. The molecule has 1 N–H and O–H groups in total. The number of piperazine rings is 1. The van der Waals surface area contributed by atoms with Crippen molar-refractivity contribution in [1.29, 1.82) is 0 Å². The summed E-state index contributed by atoms with van der Waals surface area (Å²) in [4.78, 5) is 7.41. The molecule has 1 aromatic heterocycles. The summed E-state index contributed by atoms with van der Waals surface area (Å²) in [6, 6.07) is 0. The average Bonchev–Trinajstić information content (AvgIpc) is 2.92. The molecule has 3 heterocycles. The first kappa shape index (κ1) is 14.0. The molecule has 0 bridgehead atoms. The van der Waals surface area contributed by atoms with Crippen LogP contribution >= 0.6 is 31.9 Å². The van der Waals surface area contributed by atoms with Crippen LogP contribution < -0.4 is 10.2 Å². The third-order valence-corrected chi connectivity index (χ3v) is 6.92. The number of aryl methyl sites for hydroxylation is 2. The van der Waals surface area contributed by atoms with E-state index < -0.39 is 0 Å². The molecule has 2 aromatic rings. The summed E-state index contributed by atoms with van der Waals surface area (Å²) in [5.74, 6) is 1.14. The molecule has 1 saturated heterocycles. The molecular formula is C15H18Br2N4. The maximum Gasteiger partial charge on any atom is 0.206 e. The average molecular weight is 414 g/mol. The van der Waals surface area contributed by atoms with Gasteiger partial charge >= 0.3 is 0 Å². The maximum atomic E-state index is 4.99. The van der Waals surface area contributed by atoms with Crippen molar-refractivity contribution < 1.29 is 0 Å². The van der Waals surface area contributed by atoms with Crippen LogP contribution in [0, 0.1) is 6.92 Å². The van der Waals surface area contributed by atoms with Crippen molar-refractivity contribution in [2.45, 2.75) is 26.3 Å². The lowest BCUT2D eigenvalue weighted by atomic mass is 9.99. The molecule has 0 amide bonds. The zero-order valence-electron chi connectivity index (χ0n) is 12.0. The second-order valence-electron chi connectivity index (χ2n) is 5.83. The molecule has 0 radical (unpaired) electrons. The monoisotopic (exact) mass is 412 g/mol. The highest BCUT2D eigenvalue weighted by Crippen LogP contribution is 2.41. The van der Waals surface area contributed by atoms with E-state index >= 15 is 0 Å². The number of benzene rings is 1. The number of hydrogen-bond donors (Lipinski definition) is 1. The number of rotatable bonds is 1. The quantitative estimate of drug-likeness (QED) is 0.779. The van der Waals surface area contributed by atoms with Gasteiger partial charge in [-0.05, 0) is 62.8 Å². The van der Waals surface area contributed by atoms with E-state index in [0.29, 0.717) is 0 Å². The van der Waals surface area contributed by atoms with Gasteiger partial charge in [0.2, 0.25) is 5.95 Å². The van der Waals surface area contributed by atoms with Crippen LogP contribution in [0.3, 0.4) is 0 Å². The van der Waals surface area contributed by atoms with E-state index in [1.54, 1.807) is 0 Å². The van der Waals surface area contributed by atoms with Crippen molar-refractivity contribution >= 4 is 48.8 Å². The summed E-state index contributed by atoms with van der Waals surface area (Å²) >= 11 is 7.46. The van der Waals surface area contributed by atoms with Crippen LogP contribution in [0.25, 0.3) is 11.0 Å². The summed E-state index contributed by atoms with van der Waals surface area (Å²) in [5, 5.41) is 3.42. The zero-order chi connectivity index (χ0) is 14.6. The highest BCUT2D eigenvalue weighted by atomic mass is 79.9. The SMILES string of the molecule is Cc1c(Br)c(Br)c2nc(N3CCNCC3)n3c2c1CCC3. The fourth-order valence-electron chi connectivity index (χ4n) is 3.52. The third kappa shape index (κ3) is 2.06. The summed E-state index contributed by atoms with van der Waals surface area (Å²) in [5.41, 5.74) is 5.25. The number of nitrogens with zero attached hydrogens (tertiary/aromatic N) is 3. The number of halogens is 2. The Balaban J connectivity index is 1.98. The Hall–Kier alpha value is -0.590. The van der Waals surface area contributed by atoms with Crippen LogP contribution in [0.1, 0.15) is 17.5 Å². The molecule has 0 saturated carbocycles. The van der Waals surface area contributed by atoms with Crippen LogP contribution in [0.2, 0.25) is 0 Å². The topological polar surface area (TPSA) is 33.1 Å². The second-order valence-corrected chi connectivity index (χ2v) is 7.42. The normalized spacial score (nSPS) is 18.5. The summed E-state index contributed by atoms with van der Waals surface area (Å²) < 4.78 is 4.68. The lowest BCUT2D eigenvalue weighted by Gasteiger charge is -2.30. The van der Waals surface area contributed by atoms with Crippen molar-refractivity contribution in [3.8, 4) is 0 Å². The van der Waals surface area contributed by atoms with Gasteiger partial charge in [0, 0.05) is 37.2 Å². The van der Waals surface area contributed by atoms with Crippen LogP contribution in [0.5, 0.6) is 0 Å². The highest BCUT2D eigenvalue weighted by molar-refractivity contribution is 9.13. The molecule has 112 valence electrons. The first-order valence-electron chi connectivity index (χ1n) is 7.51. The van der Waals surface area contributed by atoms with Gasteiger partial charge < -0.3 is 14.8 Å². The molecule has 0 atom stereocenters. The summed E-state index contributed by atoms with van der Waals surface area (Å²) in [6.45, 7) is 7.44. The maximum absolute atomic E-state index is 4.99. The van der Waals surface area contributed by atoms with Crippen LogP contribution in [-0.4, -0.2) is 35.7 Å². The Bertz CT molecular complexity index is 717. The largest absolute Gasteiger partial charge is 0.340 e. The number of aromatic nitrogens is 2. The van der Waals surface area contributed by atoms with Crippen molar-refractivity contribution in [3.05, 3.63) is 20.1 Å². The molecule has 4 nitrogen and oxygen atoms in total. The Morgan fingerprint density at radius 2 is 1.86 bits per heavy atom. The van der Waals surface area contributed by atoms with E-state index in [1.165, 1.54) is 23.1 Å². The van der Waals surface area contributed by atoms with E-state index in [1.807, 2.05) is 0 Å². The second kappa shape index (κ2) is 5.25. The van der Waals surface area contributed by atoms with Crippen molar-refractivity contribution in [1.82, 2.24) is 14.9 Å². The molecular weight excluding hydrogens is 396 g/mol. The molecule has 21 heavy (non-hydrogen) atoms. The first-order valence-corrected chi connectivity index (χ1v) is 9.09. The van der Waals surface area contributed by atoms with Gasteiger partial charge in [0.05, 0.1) is 9.99 Å². The number of imidazole rings is 1. The standard InChI is InChI=1S/C15H18Br2N4/c1-9-10-3-2-6-21-14(10)13(12(17)11(9)16)19-15(21)20-7-4-18-5-8-20/h18H,2-8H2,1H3. The lowest BCUT2D eigenvalue weighted by Crippen LogP contribution is -2.44. The molecule has 2 aliphatic heterocycles. The van der Waals surface area contributed by atoms with Crippen LogP contribution in [0.15, 0.2) is 8.95 Å². The molecule has 0 spiro atoms. The molecule has 2 aliphatic rings. The zero-order valence-corrected chi connectivity index (χ0v) is 15.2. The summed E-state index contributed by atoms with van der Waals surface area (Å²) in [6.07, 6.45) is 2.35. The number of nitrogens with one attached hydrogen (secondary N) is 1. The Morgan fingerprint density at radius 1 is 1.10 bits per heavy atom. The molecule has 1 aromatic carbocycles. The Kier molecular flexibility index (Phi) is 3.51. The van der Waals surface area contributed by atoms with E-state index in [9.17, 15) is 0 Å². The van der Waals surface area contributed by atoms with Crippen molar-refractivity contribution in [2.75, 3.05) is 31.1 Å². The Labute approximate surface area is 141 Å². The van der Waals surface area contributed by atoms with Crippen molar-refractivity contribution in [3.63, 3.8) is 0 Å². The minimum Gasteiger partial charge on any atom is -0.340 e. The van der Waals surface area contributed by atoms with Crippen molar-refractivity contribution in [2.24, 2.45) is 0 Å². The van der Waals surface area contributed by atoms with Gasteiger partial charge in [0.25, 0.3) is 0 Å². The van der Waals surface area contributed by atoms with Gasteiger partial charge in [-0.2, -0.15) is 0 Å². The molecule has 0 unspecified atom stereocenters.